The Balaban J connectivity index is 1.64. The van der Waals surface area contributed by atoms with Crippen LogP contribution in [0.3, 0.4) is 0 Å². The van der Waals surface area contributed by atoms with E-state index in [1.807, 2.05) is 0 Å². The minimum Gasteiger partial charge on any atom is -0.493 e. The molecule has 1 aliphatic heterocycles. The zero-order chi connectivity index (χ0) is 26.0. The number of nitrogens with zero attached hydrogens (tertiary/aromatic N) is 1. The lowest BCUT2D eigenvalue weighted by atomic mass is 10.1. The fourth-order valence-corrected chi connectivity index (χ4v) is 4.06. The van der Waals surface area contributed by atoms with Crippen molar-refractivity contribution < 1.29 is 28.2 Å². The molecule has 0 saturated carbocycles. The molecule has 7 nitrogen and oxygen atoms in total. The monoisotopic (exact) mass is 572 g/mol. The van der Waals surface area contributed by atoms with Crippen LogP contribution in [-0.4, -0.2) is 25.0 Å². The first kappa shape index (κ1) is 25.4. The normalized spacial score (nSPS) is 14.8. The molecule has 10 heteroatoms. The predicted octanol–water partition coefficient (Wildman–Crippen LogP) is 5.80. The van der Waals surface area contributed by atoms with Gasteiger partial charge in [0.15, 0.2) is 11.5 Å². The fraction of sp³-hybridized carbons (Fsp3) is 0.115. The van der Waals surface area contributed by atoms with Gasteiger partial charge < -0.3 is 9.47 Å². The molecule has 3 aromatic carbocycles. The van der Waals surface area contributed by atoms with Crippen molar-refractivity contribution in [3.8, 4) is 11.5 Å². The lowest BCUT2D eigenvalue weighted by Crippen LogP contribution is -2.54. The topological polar surface area (TPSA) is 84.9 Å². The Hall–Kier alpha value is -3.69. The van der Waals surface area contributed by atoms with E-state index < -0.39 is 17.8 Å². The molecule has 1 fully saturated rings. The van der Waals surface area contributed by atoms with Crippen molar-refractivity contribution in [2.24, 2.45) is 0 Å². The van der Waals surface area contributed by atoms with E-state index >= 15 is 0 Å². The van der Waals surface area contributed by atoms with Crippen molar-refractivity contribution >= 4 is 57.1 Å². The summed E-state index contributed by atoms with van der Waals surface area (Å²) in [7, 11) is 1.45. The van der Waals surface area contributed by atoms with Crippen LogP contribution in [0.25, 0.3) is 6.08 Å². The lowest BCUT2D eigenvalue weighted by molar-refractivity contribution is -0.122. The van der Waals surface area contributed by atoms with Crippen molar-refractivity contribution in [1.29, 1.82) is 0 Å². The molecule has 0 atom stereocenters. The van der Waals surface area contributed by atoms with Crippen molar-refractivity contribution in [2.75, 3.05) is 12.0 Å². The van der Waals surface area contributed by atoms with Crippen LogP contribution in [0, 0.1) is 12.7 Å². The molecule has 1 heterocycles. The number of rotatable bonds is 6. The van der Waals surface area contributed by atoms with Crippen molar-refractivity contribution in [1.82, 2.24) is 5.32 Å². The SMILES string of the molecule is COc1cc(/C=C2/C(=O)NC(=O)N(c3ccc(C)c(Cl)c3)C2=O)c(Br)cc1OCc1ccc(F)cc1. The Morgan fingerprint density at radius 3 is 2.44 bits per heavy atom. The number of methoxy groups -OCH3 is 1. The van der Waals surface area contributed by atoms with E-state index in [1.165, 1.54) is 31.4 Å². The molecule has 1 aliphatic rings. The summed E-state index contributed by atoms with van der Waals surface area (Å²) in [5, 5.41) is 2.56. The second-order valence-corrected chi connectivity index (χ2v) is 9.09. The van der Waals surface area contributed by atoms with E-state index in [4.69, 9.17) is 21.1 Å². The molecule has 0 spiro atoms. The third kappa shape index (κ3) is 5.27. The third-order valence-corrected chi connectivity index (χ3v) is 6.50. The molecule has 0 unspecified atom stereocenters. The molecule has 4 rings (SSSR count). The van der Waals surface area contributed by atoms with Gasteiger partial charge in [0.25, 0.3) is 11.8 Å². The first-order valence-corrected chi connectivity index (χ1v) is 11.8. The minimum atomic E-state index is -0.872. The number of hydrogen-bond acceptors (Lipinski definition) is 5. The highest BCUT2D eigenvalue weighted by atomic mass is 79.9. The highest BCUT2D eigenvalue weighted by molar-refractivity contribution is 9.10. The van der Waals surface area contributed by atoms with Gasteiger partial charge in [0.05, 0.1) is 12.8 Å². The first-order chi connectivity index (χ1) is 17.2. The van der Waals surface area contributed by atoms with Gasteiger partial charge in [-0.05, 0) is 66.1 Å². The molecule has 1 saturated heterocycles. The highest BCUT2D eigenvalue weighted by Gasteiger charge is 2.37. The van der Waals surface area contributed by atoms with Crippen molar-refractivity contribution in [3.05, 3.63) is 92.2 Å². The number of benzene rings is 3. The van der Waals surface area contributed by atoms with E-state index in [-0.39, 0.29) is 23.7 Å². The van der Waals surface area contributed by atoms with Gasteiger partial charge >= 0.3 is 6.03 Å². The maximum absolute atomic E-state index is 13.2. The Bertz CT molecular complexity index is 1410. The van der Waals surface area contributed by atoms with E-state index in [0.717, 1.165) is 16.0 Å². The Kier molecular flexibility index (Phi) is 7.42. The number of imide groups is 2. The minimum absolute atomic E-state index is 0.167. The Morgan fingerprint density at radius 1 is 1.06 bits per heavy atom. The summed E-state index contributed by atoms with van der Waals surface area (Å²) in [6, 6.07) is 13.0. The van der Waals surface area contributed by atoms with Gasteiger partial charge in [-0.1, -0.05) is 45.7 Å². The number of hydrogen-bond donors (Lipinski definition) is 1. The Morgan fingerprint density at radius 2 is 1.78 bits per heavy atom. The second kappa shape index (κ2) is 10.5. The van der Waals surface area contributed by atoms with Crippen molar-refractivity contribution in [2.45, 2.75) is 13.5 Å². The van der Waals surface area contributed by atoms with E-state index in [2.05, 4.69) is 21.2 Å². The lowest BCUT2D eigenvalue weighted by Gasteiger charge is -2.26. The van der Waals surface area contributed by atoms with Crippen LogP contribution < -0.4 is 19.7 Å². The Labute approximate surface area is 219 Å². The molecule has 0 radical (unpaired) electrons. The summed E-state index contributed by atoms with van der Waals surface area (Å²) in [4.78, 5) is 39.1. The molecular weight excluding hydrogens is 555 g/mol. The number of aryl methyl sites for hydroxylation is 1. The number of nitrogens with one attached hydrogen (secondary N) is 1. The average molecular weight is 574 g/mol. The molecule has 4 amide bonds. The molecule has 1 N–H and O–H groups in total. The molecule has 0 aromatic heterocycles. The fourth-order valence-electron chi connectivity index (χ4n) is 3.44. The zero-order valence-electron chi connectivity index (χ0n) is 19.1. The van der Waals surface area contributed by atoms with Crippen LogP contribution in [0.2, 0.25) is 5.02 Å². The number of urea groups is 1. The molecular formula is C26H19BrClFN2O5. The van der Waals surface area contributed by atoms with Crippen LogP contribution in [-0.2, 0) is 16.2 Å². The number of carbonyl (C=O) groups excluding carboxylic acids is 3. The number of halogens is 3. The molecule has 184 valence electrons. The van der Waals surface area contributed by atoms with Crippen LogP contribution in [0.5, 0.6) is 11.5 Å². The van der Waals surface area contributed by atoms with Gasteiger partial charge in [-0.25, -0.2) is 14.1 Å². The van der Waals surface area contributed by atoms with E-state index in [1.54, 1.807) is 43.3 Å². The van der Waals surface area contributed by atoms with Gasteiger partial charge in [0.1, 0.15) is 18.0 Å². The first-order valence-electron chi connectivity index (χ1n) is 10.6. The number of carbonyl (C=O) groups is 3. The molecule has 0 aliphatic carbocycles. The second-order valence-electron chi connectivity index (χ2n) is 7.83. The average Bonchev–Trinajstić information content (AvgIpc) is 2.84. The van der Waals surface area contributed by atoms with E-state index in [9.17, 15) is 18.8 Å². The summed E-state index contributed by atoms with van der Waals surface area (Å²) in [6.07, 6.45) is 1.35. The van der Waals surface area contributed by atoms with Crippen LogP contribution >= 0.6 is 27.5 Å². The zero-order valence-corrected chi connectivity index (χ0v) is 21.4. The highest BCUT2D eigenvalue weighted by Crippen LogP contribution is 2.36. The summed E-state index contributed by atoms with van der Waals surface area (Å²) < 4.78 is 24.9. The van der Waals surface area contributed by atoms with Gasteiger partial charge in [0.2, 0.25) is 0 Å². The summed E-state index contributed by atoms with van der Waals surface area (Å²) in [6.45, 7) is 1.96. The van der Waals surface area contributed by atoms with Gasteiger partial charge in [-0.3, -0.25) is 14.9 Å². The molecule has 3 aromatic rings. The summed E-state index contributed by atoms with van der Waals surface area (Å²) in [5.74, 6) is -1.24. The number of amides is 4. The standard InChI is InChI=1S/C26H19BrClFN2O5/c1-14-3-8-18(11-21(14)28)31-25(33)19(24(32)30-26(31)34)9-16-10-22(35-2)23(12-20(16)27)36-13-15-4-6-17(29)7-5-15/h3-12H,13H2,1-2H3,(H,30,32,34)/b19-9-. The summed E-state index contributed by atoms with van der Waals surface area (Å²) >= 11 is 9.60. The van der Waals surface area contributed by atoms with Crippen LogP contribution in [0.1, 0.15) is 16.7 Å². The van der Waals surface area contributed by atoms with E-state index in [0.29, 0.717) is 26.6 Å². The number of barbiturate groups is 1. The maximum atomic E-state index is 13.2. The van der Waals surface area contributed by atoms with Crippen LogP contribution in [0.4, 0.5) is 14.9 Å². The smallest absolute Gasteiger partial charge is 0.335 e. The van der Waals surface area contributed by atoms with Gasteiger partial charge in [-0.15, -0.1) is 0 Å². The third-order valence-electron chi connectivity index (χ3n) is 5.41. The number of ether oxygens (including phenoxy) is 2. The quantitative estimate of drug-likeness (QED) is 0.297. The number of anilines is 1. The van der Waals surface area contributed by atoms with Gasteiger partial charge in [-0.2, -0.15) is 0 Å². The summed E-state index contributed by atoms with van der Waals surface area (Å²) in [5.41, 5.74) is 1.94. The van der Waals surface area contributed by atoms with Crippen molar-refractivity contribution in [3.63, 3.8) is 0 Å². The molecule has 0 bridgehead atoms. The predicted molar refractivity (Wildman–Crippen MR) is 137 cm³/mol. The van der Waals surface area contributed by atoms with Gasteiger partial charge in [0, 0.05) is 9.50 Å². The molecule has 36 heavy (non-hydrogen) atoms. The van der Waals surface area contributed by atoms with Crippen LogP contribution in [0.15, 0.2) is 64.6 Å². The largest absolute Gasteiger partial charge is 0.493 e. The maximum Gasteiger partial charge on any atom is 0.335 e.